The Hall–Kier alpha value is -3.44. The van der Waals surface area contributed by atoms with Crippen LogP contribution in [0.2, 0.25) is 0 Å². The van der Waals surface area contributed by atoms with E-state index < -0.39 is 16.7 Å². The summed E-state index contributed by atoms with van der Waals surface area (Å²) in [6.45, 7) is 7.58. The Bertz CT molecular complexity index is 1240. The van der Waals surface area contributed by atoms with Gasteiger partial charge in [-0.2, -0.15) is 0 Å². The highest BCUT2D eigenvalue weighted by Crippen LogP contribution is 2.59. The van der Waals surface area contributed by atoms with Crippen molar-refractivity contribution in [2.75, 3.05) is 4.90 Å². The number of hydrogen-bond acceptors (Lipinski definition) is 4. The van der Waals surface area contributed by atoms with Crippen molar-refractivity contribution in [3.8, 4) is 0 Å². The fourth-order valence-electron chi connectivity index (χ4n) is 5.03. The smallest absolute Gasteiger partial charge is 0.254 e. The molecule has 0 saturated carbocycles. The molecule has 2 unspecified atom stereocenters. The average molecular weight is 426 g/mol. The van der Waals surface area contributed by atoms with E-state index in [0.29, 0.717) is 22.6 Å². The first-order valence-corrected chi connectivity index (χ1v) is 10.9. The third-order valence-corrected chi connectivity index (χ3v) is 6.29. The monoisotopic (exact) mass is 425 g/mol. The zero-order chi connectivity index (χ0) is 22.7. The summed E-state index contributed by atoms with van der Waals surface area (Å²) >= 11 is 0. The number of nitrogens with zero attached hydrogens (tertiary/aromatic N) is 2. The standard InChI is InChI=1S/C27H27N3O2/c1-25(2,3)29-24(31)27-19-14-8-10-16-21(19)28-23(18-12-6-5-7-13-18)30(27)22-17-11-9-15-20(22)26(27,4)32/h5-17,32H,1-4H3,(H,29,31). The molecule has 2 N–H and O–H groups in total. The van der Waals surface area contributed by atoms with Crippen LogP contribution in [-0.2, 0) is 15.9 Å². The Kier molecular flexibility index (Phi) is 4.33. The predicted molar refractivity (Wildman–Crippen MR) is 127 cm³/mol. The van der Waals surface area contributed by atoms with E-state index in [-0.39, 0.29) is 5.91 Å². The molecule has 0 aromatic heterocycles. The van der Waals surface area contributed by atoms with Crippen LogP contribution in [0.5, 0.6) is 0 Å². The van der Waals surface area contributed by atoms with Gasteiger partial charge in [0.05, 0.1) is 11.4 Å². The molecule has 0 aliphatic carbocycles. The zero-order valence-corrected chi connectivity index (χ0v) is 18.8. The molecule has 5 heteroatoms. The predicted octanol–water partition coefficient (Wildman–Crippen LogP) is 4.62. The van der Waals surface area contributed by atoms with Crippen LogP contribution in [-0.4, -0.2) is 22.4 Å². The number of aliphatic imine (C=N–C) groups is 1. The van der Waals surface area contributed by atoms with Crippen molar-refractivity contribution in [2.24, 2.45) is 4.99 Å². The number of hydrogen-bond donors (Lipinski definition) is 2. The molecule has 0 saturated heterocycles. The number of carbonyl (C=O) groups is 1. The van der Waals surface area contributed by atoms with Gasteiger partial charge in [-0.1, -0.05) is 66.7 Å². The zero-order valence-electron chi connectivity index (χ0n) is 18.8. The molecular formula is C27H27N3O2. The Morgan fingerprint density at radius 1 is 0.906 bits per heavy atom. The van der Waals surface area contributed by atoms with Gasteiger partial charge in [0.15, 0.2) is 5.54 Å². The molecule has 0 radical (unpaired) electrons. The van der Waals surface area contributed by atoms with E-state index >= 15 is 0 Å². The first-order valence-electron chi connectivity index (χ1n) is 10.9. The van der Waals surface area contributed by atoms with Crippen LogP contribution in [0, 0.1) is 0 Å². The Morgan fingerprint density at radius 2 is 1.50 bits per heavy atom. The van der Waals surface area contributed by atoms with E-state index in [1.54, 1.807) is 6.92 Å². The van der Waals surface area contributed by atoms with Gasteiger partial charge in [0.2, 0.25) is 0 Å². The SMILES string of the molecule is CC(C)(C)NC(=O)C12c3ccccc3N=C(c3ccccc3)N1c1ccccc1C2(C)O. The van der Waals surface area contributed by atoms with Gasteiger partial charge >= 0.3 is 0 Å². The van der Waals surface area contributed by atoms with Gasteiger partial charge in [-0.05, 0) is 39.8 Å². The minimum Gasteiger partial charge on any atom is -0.382 e. The number of rotatable bonds is 2. The summed E-state index contributed by atoms with van der Waals surface area (Å²) in [6, 6.07) is 25.1. The summed E-state index contributed by atoms with van der Waals surface area (Å²) in [7, 11) is 0. The fourth-order valence-corrected chi connectivity index (χ4v) is 5.03. The van der Waals surface area contributed by atoms with Gasteiger partial charge in [-0.15, -0.1) is 0 Å². The van der Waals surface area contributed by atoms with E-state index in [1.807, 2.05) is 105 Å². The van der Waals surface area contributed by atoms with E-state index in [4.69, 9.17) is 4.99 Å². The molecule has 5 nitrogen and oxygen atoms in total. The van der Waals surface area contributed by atoms with Gasteiger partial charge in [0.25, 0.3) is 5.91 Å². The molecule has 0 bridgehead atoms. The number of amidine groups is 1. The number of fused-ring (bicyclic) bond motifs is 5. The van der Waals surface area contributed by atoms with Crippen molar-refractivity contribution in [1.29, 1.82) is 0 Å². The third kappa shape index (κ3) is 2.67. The van der Waals surface area contributed by atoms with Crippen LogP contribution in [0.15, 0.2) is 83.9 Å². The summed E-state index contributed by atoms with van der Waals surface area (Å²) in [5.41, 5.74) is 0.296. The summed E-state index contributed by atoms with van der Waals surface area (Å²) < 4.78 is 0. The van der Waals surface area contributed by atoms with Crippen molar-refractivity contribution >= 4 is 23.1 Å². The second-order valence-corrected chi connectivity index (χ2v) is 9.66. The van der Waals surface area contributed by atoms with Crippen LogP contribution in [0.25, 0.3) is 0 Å². The molecule has 2 heterocycles. The van der Waals surface area contributed by atoms with Crippen molar-refractivity contribution in [3.63, 3.8) is 0 Å². The van der Waals surface area contributed by atoms with Crippen LogP contribution in [0.4, 0.5) is 11.4 Å². The minimum absolute atomic E-state index is 0.262. The lowest BCUT2D eigenvalue weighted by atomic mass is 9.71. The number of nitrogens with one attached hydrogen (secondary N) is 1. The number of para-hydroxylation sites is 2. The number of benzene rings is 3. The van der Waals surface area contributed by atoms with Gasteiger partial charge in [-0.25, -0.2) is 4.99 Å². The third-order valence-electron chi connectivity index (χ3n) is 6.29. The highest BCUT2D eigenvalue weighted by molar-refractivity contribution is 6.20. The highest BCUT2D eigenvalue weighted by atomic mass is 16.3. The number of carbonyl (C=O) groups excluding carboxylic acids is 1. The highest BCUT2D eigenvalue weighted by Gasteiger charge is 2.67. The summed E-state index contributed by atoms with van der Waals surface area (Å²) in [5, 5.41) is 15.4. The van der Waals surface area contributed by atoms with Gasteiger partial charge in [-0.3, -0.25) is 4.79 Å². The molecule has 2 atom stereocenters. The second kappa shape index (κ2) is 6.78. The molecule has 0 fully saturated rings. The lowest BCUT2D eigenvalue weighted by Gasteiger charge is -2.49. The summed E-state index contributed by atoms with van der Waals surface area (Å²) in [4.78, 5) is 21.2. The summed E-state index contributed by atoms with van der Waals surface area (Å²) in [5.74, 6) is 0.376. The first-order chi connectivity index (χ1) is 15.2. The number of anilines is 1. The second-order valence-electron chi connectivity index (χ2n) is 9.66. The average Bonchev–Trinajstić information content (AvgIpc) is 2.98. The molecule has 2 aliphatic rings. The van der Waals surface area contributed by atoms with E-state index in [9.17, 15) is 9.90 Å². The Balaban J connectivity index is 1.90. The molecule has 32 heavy (non-hydrogen) atoms. The van der Waals surface area contributed by atoms with Gasteiger partial charge < -0.3 is 15.3 Å². The maximum absolute atomic E-state index is 14.3. The minimum atomic E-state index is -1.51. The number of amides is 1. The van der Waals surface area contributed by atoms with E-state index in [2.05, 4.69) is 5.32 Å². The number of aliphatic hydroxyl groups is 1. The maximum atomic E-state index is 14.3. The van der Waals surface area contributed by atoms with Crippen LogP contribution in [0.1, 0.15) is 44.4 Å². The van der Waals surface area contributed by atoms with Crippen LogP contribution < -0.4 is 10.2 Å². The quantitative estimate of drug-likeness (QED) is 0.630. The fraction of sp³-hybridized carbons (Fsp3) is 0.259. The van der Waals surface area contributed by atoms with Crippen molar-refractivity contribution in [2.45, 2.75) is 44.4 Å². The molecule has 162 valence electrons. The lowest BCUT2D eigenvalue weighted by Crippen LogP contribution is -2.67. The van der Waals surface area contributed by atoms with E-state index in [0.717, 1.165) is 11.3 Å². The molecule has 3 aromatic carbocycles. The Labute approximate surface area is 188 Å². The molecule has 0 spiro atoms. The van der Waals surface area contributed by atoms with E-state index in [1.165, 1.54) is 0 Å². The maximum Gasteiger partial charge on any atom is 0.254 e. The van der Waals surface area contributed by atoms with Crippen molar-refractivity contribution in [1.82, 2.24) is 5.32 Å². The van der Waals surface area contributed by atoms with Gasteiger partial charge in [0, 0.05) is 22.2 Å². The van der Waals surface area contributed by atoms with Gasteiger partial charge in [0.1, 0.15) is 11.4 Å². The molecule has 3 aromatic rings. The molecular weight excluding hydrogens is 398 g/mol. The molecule has 1 amide bonds. The molecule has 5 rings (SSSR count). The topological polar surface area (TPSA) is 64.9 Å². The first kappa shape index (κ1) is 20.5. The van der Waals surface area contributed by atoms with Crippen molar-refractivity contribution in [3.05, 3.63) is 95.6 Å². The van der Waals surface area contributed by atoms with Crippen LogP contribution in [0.3, 0.4) is 0 Å². The largest absolute Gasteiger partial charge is 0.382 e. The van der Waals surface area contributed by atoms with Crippen LogP contribution >= 0.6 is 0 Å². The Morgan fingerprint density at radius 3 is 2.19 bits per heavy atom. The molecule has 2 aliphatic heterocycles. The summed E-state index contributed by atoms with van der Waals surface area (Å²) in [6.07, 6.45) is 0. The van der Waals surface area contributed by atoms with Crippen molar-refractivity contribution < 1.29 is 9.90 Å². The normalized spacial score (nSPS) is 23.7. The lowest BCUT2D eigenvalue weighted by molar-refractivity contribution is -0.138.